The van der Waals surface area contributed by atoms with Gasteiger partial charge in [0.1, 0.15) is 5.82 Å². The van der Waals surface area contributed by atoms with Crippen LogP contribution in [0.15, 0.2) is 34.9 Å². The number of hydrogen-bond acceptors (Lipinski definition) is 3. The predicted octanol–water partition coefficient (Wildman–Crippen LogP) is 3.74. The van der Waals surface area contributed by atoms with Gasteiger partial charge < -0.3 is 5.73 Å². The standard InChI is InChI=1S/C16H20BrN3/c1-11-4-5-12(17)8-13(11)14-6-7-19-15(20-14)9-16(2,3)10-18/h4-8H,9-10,18H2,1-3H3. The minimum absolute atomic E-state index is 0.0188. The van der Waals surface area contributed by atoms with Crippen molar-refractivity contribution in [2.24, 2.45) is 11.1 Å². The van der Waals surface area contributed by atoms with E-state index in [4.69, 9.17) is 10.7 Å². The third-order valence-electron chi connectivity index (χ3n) is 3.37. The fraction of sp³-hybridized carbons (Fsp3) is 0.375. The van der Waals surface area contributed by atoms with Gasteiger partial charge in [-0.25, -0.2) is 9.97 Å². The molecule has 0 aliphatic heterocycles. The molecular weight excluding hydrogens is 314 g/mol. The first-order chi connectivity index (χ1) is 9.41. The molecule has 1 aromatic heterocycles. The fourth-order valence-corrected chi connectivity index (χ4v) is 2.37. The summed E-state index contributed by atoms with van der Waals surface area (Å²) in [5.74, 6) is 0.845. The Morgan fingerprint density at radius 2 is 2.00 bits per heavy atom. The Morgan fingerprint density at radius 3 is 2.70 bits per heavy atom. The summed E-state index contributed by atoms with van der Waals surface area (Å²) in [5.41, 5.74) is 9.10. The van der Waals surface area contributed by atoms with Crippen LogP contribution >= 0.6 is 15.9 Å². The fourth-order valence-electron chi connectivity index (χ4n) is 2.00. The summed E-state index contributed by atoms with van der Waals surface area (Å²) in [4.78, 5) is 9.06. The Labute approximate surface area is 128 Å². The van der Waals surface area contributed by atoms with E-state index in [0.29, 0.717) is 6.54 Å². The number of halogens is 1. The molecule has 3 nitrogen and oxygen atoms in total. The highest BCUT2D eigenvalue weighted by Gasteiger charge is 2.18. The van der Waals surface area contributed by atoms with Crippen LogP contribution in [0.3, 0.4) is 0 Å². The van der Waals surface area contributed by atoms with Crippen molar-refractivity contribution in [2.75, 3.05) is 6.54 Å². The molecule has 1 heterocycles. The monoisotopic (exact) mass is 333 g/mol. The van der Waals surface area contributed by atoms with Crippen molar-refractivity contribution in [3.05, 3.63) is 46.3 Å². The molecule has 0 saturated heterocycles. The molecule has 0 atom stereocenters. The molecule has 0 aliphatic rings. The van der Waals surface area contributed by atoms with Crippen LogP contribution in [-0.2, 0) is 6.42 Å². The lowest BCUT2D eigenvalue weighted by atomic mass is 9.89. The lowest BCUT2D eigenvalue weighted by molar-refractivity contribution is 0.368. The molecule has 0 aliphatic carbocycles. The van der Waals surface area contributed by atoms with Crippen LogP contribution in [0.25, 0.3) is 11.3 Å². The van der Waals surface area contributed by atoms with E-state index < -0.39 is 0 Å². The molecule has 0 spiro atoms. The number of rotatable bonds is 4. The summed E-state index contributed by atoms with van der Waals surface area (Å²) in [6.45, 7) is 6.98. The zero-order chi connectivity index (χ0) is 14.8. The maximum absolute atomic E-state index is 5.79. The molecule has 20 heavy (non-hydrogen) atoms. The van der Waals surface area contributed by atoms with E-state index in [9.17, 15) is 0 Å². The van der Waals surface area contributed by atoms with E-state index in [2.05, 4.69) is 53.8 Å². The van der Waals surface area contributed by atoms with Gasteiger partial charge in [-0.3, -0.25) is 0 Å². The van der Waals surface area contributed by atoms with Gasteiger partial charge in [-0.1, -0.05) is 35.8 Å². The molecule has 4 heteroatoms. The Morgan fingerprint density at radius 1 is 1.25 bits per heavy atom. The molecular formula is C16H20BrN3. The third kappa shape index (κ3) is 3.64. The second-order valence-electron chi connectivity index (χ2n) is 5.86. The lowest BCUT2D eigenvalue weighted by Crippen LogP contribution is -2.26. The van der Waals surface area contributed by atoms with Gasteiger partial charge in [0.25, 0.3) is 0 Å². The SMILES string of the molecule is Cc1ccc(Br)cc1-c1ccnc(CC(C)(C)CN)n1. The summed E-state index contributed by atoms with van der Waals surface area (Å²) in [6.07, 6.45) is 2.61. The van der Waals surface area contributed by atoms with Crippen molar-refractivity contribution < 1.29 is 0 Å². The number of nitrogens with zero attached hydrogens (tertiary/aromatic N) is 2. The Balaban J connectivity index is 2.37. The zero-order valence-electron chi connectivity index (χ0n) is 12.2. The number of aromatic nitrogens is 2. The molecule has 0 fully saturated rings. The molecule has 0 saturated carbocycles. The van der Waals surface area contributed by atoms with Gasteiger partial charge in [0.15, 0.2) is 0 Å². The second kappa shape index (κ2) is 6.02. The quantitative estimate of drug-likeness (QED) is 0.927. The van der Waals surface area contributed by atoms with Crippen molar-refractivity contribution in [2.45, 2.75) is 27.2 Å². The first kappa shape index (κ1) is 15.1. The van der Waals surface area contributed by atoms with E-state index in [-0.39, 0.29) is 5.41 Å². The molecule has 2 aromatic rings. The zero-order valence-corrected chi connectivity index (χ0v) is 13.7. The van der Waals surface area contributed by atoms with Crippen LogP contribution in [0.5, 0.6) is 0 Å². The van der Waals surface area contributed by atoms with Crippen molar-refractivity contribution >= 4 is 15.9 Å². The van der Waals surface area contributed by atoms with Crippen molar-refractivity contribution in [1.29, 1.82) is 0 Å². The van der Waals surface area contributed by atoms with Gasteiger partial charge in [-0.05, 0) is 42.6 Å². The highest BCUT2D eigenvalue weighted by Crippen LogP contribution is 2.26. The Kier molecular flexibility index (Phi) is 4.55. The van der Waals surface area contributed by atoms with Crippen LogP contribution in [0.1, 0.15) is 25.2 Å². The van der Waals surface area contributed by atoms with Gasteiger partial charge in [0, 0.05) is 22.7 Å². The van der Waals surface area contributed by atoms with E-state index in [1.807, 2.05) is 18.3 Å². The summed E-state index contributed by atoms with van der Waals surface area (Å²) < 4.78 is 1.06. The summed E-state index contributed by atoms with van der Waals surface area (Å²) in [5, 5.41) is 0. The molecule has 1 aromatic carbocycles. The number of benzene rings is 1. The predicted molar refractivity (Wildman–Crippen MR) is 86.4 cm³/mol. The summed E-state index contributed by atoms with van der Waals surface area (Å²) >= 11 is 3.51. The van der Waals surface area contributed by atoms with Crippen molar-refractivity contribution in [3.8, 4) is 11.3 Å². The van der Waals surface area contributed by atoms with Crippen molar-refractivity contribution in [1.82, 2.24) is 9.97 Å². The average Bonchev–Trinajstić information content (AvgIpc) is 2.41. The minimum atomic E-state index is 0.0188. The molecule has 106 valence electrons. The van der Waals surface area contributed by atoms with Crippen LogP contribution in [0.4, 0.5) is 0 Å². The van der Waals surface area contributed by atoms with E-state index in [1.165, 1.54) is 5.56 Å². The summed E-state index contributed by atoms with van der Waals surface area (Å²) in [7, 11) is 0. The number of hydrogen-bond donors (Lipinski definition) is 1. The van der Waals surface area contributed by atoms with Gasteiger partial charge >= 0.3 is 0 Å². The van der Waals surface area contributed by atoms with Gasteiger partial charge in [0.05, 0.1) is 5.69 Å². The molecule has 0 bridgehead atoms. The van der Waals surface area contributed by atoms with E-state index >= 15 is 0 Å². The van der Waals surface area contributed by atoms with Gasteiger partial charge in [-0.15, -0.1) is 0 Å². The van der Waals surface area contributed by atoms with E-state index in [0.717, 1.165) is 28.0 Å². The van der Waals surface area contributed by atoms with Crippen LogP contribution in [0, 0.1) is 12.3 Å². The molecule has 2 rings (SSSR count). The smallest absolute Gasteiger partial charge is 0.129 e. The van der Waals surface area contributed by atoms with Gasteiger partial charge in [-0.2, -0.15) is 0 Å². The summed E-state index contributed by atoms with van der Waals surface area (Å²) in [6, 6.07) is 8.17. The van der Waals surface area contributed by atoms with E-state index in [1.54, 1.807) is 0 Å². The highest BCUT2D eigenvalue weighted by molar-refractivity contribution is 9.10. The number of nitrogens with two attached hydrogens (primary N) is 1. The maximum atomic E-state index is 5.79. The maximum Gasteiger partial charge on any atom is 0.129 e. The first-order valence-corrected chi connectivity index (χ1v) is 7.49. The normalized spacial score (nSPS) is 11.7. The first-order valence-electron chi connectivity index (χ1n) is 6.70. The van der Waals surface area contributed by atoms with Gasteiger partial charge in [0.2, 0.25) is 0 Å². The molecule has 0 unspecified atom stereocenters. The number of aryl methyl sites for hydroxylation is 1. The molecule has 2 N–H and O–H groups in total. The lowest BCUT2D eigenvalue weighted by Gasteiger charge is -2.21. The van der Waals surface area contributed by atoms with Crippen LogP contribution < -0.4 is 5.73 Å². The second-order valence-corrected chi connectivity index (χ2v) is 6.78. The third-order valence-corrected chi connectivity index (χ3v) is 3.86. The molecule has 0 amide bonds. The van der Waals surface area contributed by atoms with Crippen LogP contribution in [0.2, 0.25) is 0 Å². The molecule has 0 radical (unpaired) electrons. The Bertz CT molecular complexity index is 608. The Hall–Kier alpha value is -1.26. The largest absolute Gasteiger partial charge is 0.330 e. The average molecular weight is 334 g/mol. The van der Waals surface area contributed by atoms with Crippen molar-refractivity contribution in [3.63, 3.8) is 0 Å². The highest BCUT2D eigenvalue weighted by atomic mass is 79.9. The topological polar surface area (TPSA) is 51.8 Å². The minimum Gasteiger partial charge on any atom is -0.330 e. The van der Waals surface area contributed by atoms with Crippen LogP contribution in [-0.4, -0.2) is 16.5 Å².